The van der Waals surface area contributed by atoms with Crippen molar-refractivity contribution >= 4 is 17.2 Å². The minimum Gasteiger partial charge on any atom is -0.494 e. The number of aromatic nitrogens is 1. The molecule has 6 heteroatoms. The molecule has 2 aromatic heterocycles. The van der Waals surface area contributed by atoms with Gasteiger partial charge in [-0.05, 0) is 42.6 Å². The third-order valence-corrected chi connectivity index (χ3v) is 4.00. The summed E-state index contributed by atoms with van der Waals surface area (Å²) in [4.78, 5) is 17.4. The number of oxazole rings is 1. The largest absolute Gasteiger partial charge is 0.494 e. The van der Waals surface area contributed by atoms with Crippen molar-refractivity contribution in [2.75, 3.05) is 6.61 Å². The summed E-state index contributed by atoms with van der Waals surface area (Å²) in [6.07, 6.45) is 1.56. The number of amides is 1. The first kappa shape index (κ1) is 15.3. The van der Waals surface area contributed by atoms with Crippen LogP contribution in [0.4, 0.5) is 0 Å². The van der Waals surface area contributed by atoms with Crippen LogP contribution in [0.1, 0.15) is 23.0 Å². The van der Waals surface area contributed by atoms with Crippen LogP contribution in [-0.2, 0) is 6.54 Å². The molecule has 3 aromatic rings. The highest BCUT2D eigenvalue weighted by molar-refractivity contribution is 7.13. The normalized spacial score (nSPS) is 10.5. The number of hydrogen-bond acceptors (Lipinski definition) is 5. The van der Waals surface area contributed by atoms with Crippen molar-refractivity contribution in [1.82, 2.24) is 10.3 Å². The zero-order valence-electron chi connectivity index (χ0n) is 12.6. The van der Waals surface area contributed by atoms with Gasteiger partial charge in [0.05, 0.1) is 23.7 Å². The number of nitrogens with one attached hydrogen (secondary N) is 1. The third-order valence-electron chi connectivity index (χ3n) is 3.14. The quantitative estimate of drug-likeness (QED) is 0.749. The van der Waals surface area contributed by atoms with Gasteiger partial charge in [0.15, 0.2) is 0 Å². The average Bonchev–Trinajstić information content (AvgIpc) is 3.25. The number of carbonyl (C=O) groups is 1. The molecular formula is C17H16N2O3S. The molecule has 0 saturated heterocycles. The Morgan fingerprint density at radius 2 is 2.13 bits per heavy atom. The van der Waals surface area contributed by atoms with Crippen LogP contribution in [0.2, 0.25) is 0 Å². The van der Waals surface area contributed by atoms with Crippen molar-refractivity contribution in [2.24, 2.45) is 0 Å². The van der Waals surface area contributed by atoms with Gasteiger partial charge in [0.2, 0.25) is 5.89 Å². The van der Waals surface area contributed by atoms with E-state index in [0.29, 0.717) is 30.3 Å². The number of thiophene rings is 1. The van der Waals surface area contributed by atoms with Crippen molar-refractivity contribution in [3.63, 3.8) is 0 Å². The SMILES string of the molecule is CCOc1ccc(C(=O)NCc2coc(-c3cccs3)n2)cc1. The maximum absolute atomic E-state index is 12.1. The number of carbonyl (C=O) groups excluding carboxylic acids is 1. The fourth-order valence-electron chi connectivity index (χ4n) is 2.04. The van der Waals surface area contributed by atoms with E-state index in [1.807, 2.05) is 24.4 Å². The van der Waals surface area contributed by atoms with Crippen LogP contribution < -0.4 is 10.1 Å². The molecule has 0 aliphatic rings. The zero-order chi connectivity index (χ0) is 16.1. The molecule has 0 fully saturated rings. The van der Waals surface area contributed by atoms with Crippen molar-refractivity contribution < 1.29 is 13.9 Å². The summed E-state index contributed by atoms with van der Waals surface area (Å²) in [5, 5.41) is 4.79. The Kier molecular flexibility index (Phi) is 4.73. The van der Waals surface area contributed by atoms with Gasteiger partial charge in [-0.25, -0.2) is 4.98 Å². The molecule has 0 saturated carbocycles. The van der Waals surface area contributed by atoms with Crippen molar-refractivity contribution in [1.29, 1.82) is 0 Å². The number of hydrogen-bond donors (Lipinski definition) is 1. The molecule has 0 spiro atoms. The molecule has 0 atom stereocenters. The molecule has 1 amide bonds. The van der Waals surface area contributed by atoms with E-state index in [1.54, 1.807) is 41.9 Å². The van der Waals surface area contributed by atoms with Gasteiger partial charge < -0.3 is 14.5 Å². The maximum atomic E-state index is 12.1. The van der Waals surface area contributed by atoms with E-state index in [0.717, 1.165) is 10.6 Å². The number of rotatable bonds is 6. The summed E-state index contributed by atoms with van der Waals surface area (Å²) in [6.45, 7) is 2.84. The maximum Gasteiger partial charge on any atom is 0.251 e. The smallest absolute Gasteiger partial charge is 0.251 e. The predicted octanol–water partition coefficient (Wildman–Crippen LogP) is 3.73. The van der Waals surface area contributed by atoms with E-state index >= 15 is 0 Å². The van der Waals surface area contributed by atoms with Gasteiger partial charge in [-0.1, -0.05) is 6.07 Å². The van der Waals surface area contributed by atoms with E-state index in [1.165, 1.54) is 0 Å². The first-order valence-electron chi connectivity index (χ1n) is 7.25. The second-order valence-electron chi connectivity index (χ2n) is 4.76. The summed E-state index contributed by atoms with van der Waals surface area (Å²) in [5.41, 5.74) is 1.27. The Hall–Kier alpha value is -2.60. The van der Waals surface area contributed by atoms with Gasteiger partial charge in [-0.3, -0.25) is 4.79 Å². The van der Waals surface area contributed by atoms with Crippen LogP contribution in [0.25, 0.3) is 10.8 Å². The highest BCUT2D eigenvalue weighted by Gasteiger charge is 2.10. The van der Waals surface area contributed by atoms with Gasteiger partial charge in [0, 0.05) is 5.56 Å². The molecular weight excluding hydrogens is 312 g/mol. The summed E-state index contributed by atoms with van der Waals surface area (Å²) in [5.74, 6) is 1.17. The van der Waals surface area contributed by atoms with E-state index in [-0.39, 0.29) is 5.91 Å². The molecule has 23 heavy (non-hydrogen) atoms. The van der Waals surface area contributed by atoms with E-state index in [9.17, 15) is 4.79 Å². The molecule has 0 radical (unpaired) electrons. The van der Waals surface area contributed by atoms with Crippen LogP contribution in [-0.4, -0.2) is 17.5 Å². The Balaban J connectivity index is 1.58. The van der Waals surface area contributed by atoms with E-state index in [4.69, 9.17) is 9.15 Å². The zero-order valence-corrected chi connectivity index (χ0v) is 13.4. The molecule has 1 aromatic carbocycles. The summed E-state index contributed by atoms with van der Waals surface area (Å²) in [7, 11) is 0. The lowest BCUT2D eigenvalue weighted by Gasteiger charge is -2.05. The van der Waals surface area contributed by atoms with Gasteiger partial charge >= 0.3 is 0 Å². The highest BCUT2D eigenvalue weighted by atomic mass is 32.1. The lowest BCUT2D eigenvalue weighted by Crippen LogP contribution is -2.22. The molecule has 1 N–H and O–H groups in total. The molecule has 3 rings (SSSR count). The Morgan fingerprint density at radius 1 is 1.30 bits per heavy atom. The second-order valence-corrected chi connectivity index (χ2v) is 5.71. The molecule has 0 bridgehead atoms. The number of benzene rings is 1. The summed E-state index contributed by atoms with van der Waals surface area (Å²) in [6, 6.07) is 10.9. The van der Waals surface area contributed by atoms with Crippen molar-refractivity contribution in [2.45, 2.75) is 13.5 Å². The minimum absolute atomic E-state index is 0.159. The number of nitrogens with zero attached hydrogens (tertiary/aromatic N) is 1. The third kappa shape index (κ3) is 3.78. The Labute approximate surface area is 137 Å². The van der Waals surface area contributed by atoms with Crippen LogP contribution in [0.3, 0.4) is 0 Å². The Morgan fingerprint density at radius 3 is 2.83 bits per heavy atom. The predicted molar refractivity (Wildman–Crippen MR) is 88.6 cm³/mol. The fraction of sp³-hybridized carbons (Fsp3) is 0.176. The van der Waals surface area contributed by atoms with Gasteiger partial charge in [0.1, 0.15) is 12.0 Å². The van der Waals surface area contributed by atoms with Crippen LogP contribution in [0.5, 0.6) is 5.75 Å². The topological polar surface area (TPSA) is 64.4 Å². The minimum atomic E-state index is -0.159. The van der Waals surface area contributed by atoms with E-state index in [2.05, 4.69) is 10.3 Å². The molecule has 5 nitrogen and oxygen atoms in total. The van der Waals surface area contributed by atoms with E-state index < -0.39 is 0 Å². The van der Waals surface area contributed by atoms with Crippen LogP contribution in [0.15, 0.2) is 52.5 Å². The number of ether oxygens (including phenoxy) is 1. The fourth-order valence-corrected chi connectivity index (χ4v) is 2.70. The first-order chi connectivity index (χ1) is 11.3. The van der Waals surface area contributed by atoms with Gasteiger partial charge in [0.25, 0.3) is 5.91 Å². The highest BCUT2D eigenvalue weighted by Crippen LogP contribution is 2.23. The van der Waals surface area contributed by atoms with Gasteiger partial charge in [-0.15, -0.1) is 11.3 Å². The van der Waals surface area contributed by atoms with Crippen LogP contribution >= 0.6 is 11.3 Å². The van der Waals surface area contributed by atoms with Gasteiger partial charge in [-0.2, -0.15) is 0 Å². The Bertz CT molecular complexity index is 764. The lowest BCUT2D eigenvalue weighted by atomic mass is 10.2. The van der Waals surface area contributed by atoms with Crippen LogP contribution in [0, 0.1) is 0 Å². The molecule has 2 heterocycles. The molecule has 118 valence electrons. The summed E-state index contributed by atoms with van der Waals surface area (Å²) < 4.78 is 10.8. The molecule has 0 aliphatic carbocycles. The molecule has 0 unspecified atom stereocenters. The first-order valence-corrected chi connectivity index (χ1v) is 8.13. The standard InChI is InChI=1S/C17H16N2O3S/c1-2-21-14-7-5-12(6-8-14)16(20)18-10-13-11-22-17(19-13)15-4-3-9-23-15/h3-9,11H,2,10H2,1H3,(H,18,20). The van der Waals surface area contributed by atoms with Crippen molar-refractivity contribution in [3.05, 3.63) is 59.3 Å². The lowest BCUT2D eigenvalue weighted by molar-refractivity contribution is 0.0950. The second kappa shape index (κ2) is 7.11. The average molecular weight is 328 g/mol. The summed E-state index contributed by atoms with van der Waals surface area (Å²) >= 11 is 1.56. The monoisotopic (exact) mass is 328 g/mol. The molecule has 0 aliphatic heterocycles. The van der Waals surface area contributed by atoms with Crippen molar-refractivity contribution in [3.8, 4) is 16.5 Å².